The summed E-state index contributed by atoms with van der Waals surface area (Å²) in [7, 11) is 5.60. The number of hydrogen-bond acceptors (Lipinski definition) is 4. The Bertz CT molecular complexity index is 554. The second kappa shape index (κ2) is 10.0. The summed E-state index contributed by atoms with van der Waals surface area (Å²) in [6, 6.07) is 7.71. The van der Waals surface area contributed by atoms with Crippen LogP contribution in [-0.2, 0) is 16.0 Å². The number of benzene rings is 1. The highest BCUT2D eigenvalue weighted by atomic mass is 16.5. The van der Waals surface area contributed by atoms with Crippen molar-refractivity contribution in [2.24, 2.45) is 5.41 Å². The van der Waals surface area contributed by atoms with Crippen LogP contribution in [0.15, 0.2) is 24.3 Å². The van der Waals surface area contributed by atoms with Gasteiger partial charge < -0.3 is 20.3 Å². The number of methoxy groups -OCH3 is 1. The van der Waals surface area contributed by atoms with Crippen LogP contribution in [0.3, 0.4) is 0 Å². The lowest BCUT2D eigenvalue weighted by molar-refractivity contribution is -0.141. The average molecular weight is 349 g/mol. The molecule has 0 unspecified atom stereocenters. The van der Waals surface area contributed by atoms with Crippen LogP contribution >= 0.6 is 0 Å². The fourth-order valence-corrected chi connectivity index (χ4v) is 2.25. The van der Waals surface area contributed by atoms with E-state index in [0.717, 1.165) is 24.3 Å². The summed E-state index contributed by atoms with van der Waals surface area (Å²) >= 11 is 0. The van der Waals surface area contributed by atoms with Gasteiger partial charge in [-0.15, -0.1) is 0 Å². The minimum absolute atomic E-state index is 0.242. The van der Waals surface area contributed by atoms with Crippen molar-refractivity contribution in [3.63, 3.8) is 0 Å². The van der Waals surface area contributed by atoms with Crippen LogP contribution < -0.4 is 15.4 Å². The summed E-state index contributed by atoms with van der Waals surface area (Å²) in [5, 5.41) is 5.69. The Morgan fingerprint density at radius 1 is 1.04 bits per heavy atom. The van der Waals surface area contributed by atoms with Crippen molar-refractivity contribution in [2.45, 2.75) is 26.7 Å². The number of hydrogen-bond donors (Lipinski definition) is 2. The van der Waals surface area contributed by atoms with Gasteiger partial charge in [-0.2, -0.15) is 0 Å². The quantitative estimate of drug-likeness (QED) is 0.495. The molecular weight excluding hydrogens is 318 g/mol. The first-order valence-corrected chi connectivity index (χ1v) is 8.61. The third-order valence-corrected chi connectivity index (χ3v) is 4.06. The van der Waals surface area contributed by atoms with Gasteiger partial charge in [-0.25, -0.2) is 0 Å². The second-order valence-electron chi connectivity index (χ2n) is 6.89. The maximum atomic E-state index is 12.3. The van der Waals surface area contributed by atoms with Crippen molar-refractivity contribution in [2.75, 3.05) is 40.8 Å². The molecule has 140 valence electrons. The van der Waals surface area contributed by atoms with Crippen molar-refractivity contribution in [1.29, 1.82) is 0 Å². The molecule has 0 atom stereocenters. The van der Waals surface area contributed by atoms with E-state index in [2.05, 4.69) is 15.5 Å². The molecule has 0 saturated carbocycles. The summed E-state index contributed by atoms with van der Waals surface area (Å²) in [5.41, 5.74) is 0.0185. The molecular formula is C19H31N3O3. The first-order valence-electron chi connectivity index (χ1n) is 8.61. The summed E-state index contributed by atoms with van der Waals surface area (Å²) in [5.74, 6) is 0.305. The fourth-order valence-electron chi connectivity index (χ4n) is 2.25. The zero-order valence-corrected chi connectivity index (χ0v) is 16.0. The maximum Gasteiger partial charge on any atom is 0.235 e. The molecule has 0 radical (unpaired) electrons. The molecule has 0 aliphatic rings. The normalized spacial score (nSPS) is 11.3. The Hall–Kier alpha value is -2.08. The summed E-state index contributed by atoms with van der Waals surface area (Å²) in [6.45, 7) is 5.25. The summed E-state index contributed by atoms with van der Waals surface area (Å²) in [4.78, 5) is 26.7. The predicted molar refractivity (Wildman–Crippen MR) is 99.7 cm³/mol. The third-order valence-electron chi connectivity index (χ3n) is 4.06. The van der Waals surface area contributed by atoms with Gasteiger partial charge in [-0.3, -0.25) is 9.59 Å². The standard InChI is InChI=1S/C19H31N3O3/c1-19(2,17(23)20-12-6-14-22(3)4)18(24)21-13-11-15-7-9-16(25-5)10-8-15/h7-10H,6,11-14H2,1-5H3,(H,20,23)(H,21,24). The van der Waals surface area contributed by atoms with Gasteiger partial charge in [0, 0.05) is 13.1 Å². The van der Waals surface area contributed by atoms with Gasteiger partial charge in [0.15, 0.2) is 0 Å². The van der Waals surface area contributed by atoms with E-state index in [1.165, 1.54) is 0 Å². The highest BCUT2D eigenvalue weighted by Gasteiger charge is 2.35. The topological polar surface area (TPSA) is 70.7 Å². The Balaban J connectivity index is 2.38. The average Bonchev–Trinajstić information content (AvgIpc) is 2.58. The number of amides is 2. The molecule has 0 bridgehead atoms. The predicted octanol–water partition coefficient (Wildman–Crippen LogP) is 1.45. The first-order chi connectivity index (χ1) is 11.8. The van der Waals surface area contributed by atoms with Gasteiger partial charge >= 0.3 is 0 Å². The SMILES string of the molecule is COc1ccc(CCNC(=O)C(C)(C)C(=O)NCCCN(C)C)cc1. The molecule has 6 heteroatoms. The molecule has 0 heterocycles. The molecule has 1 aromatic carbocycles. The zero-order valence-electron chi connectivity index (χ0n) is 16.0. The monoisotopic (exact) mass is 349 g/mol. The highest BCUT2D eigenvalue weighted by molar-refractivity contribution is 6.04. The number of nitrogens with zero attached hydrogens (tertiary/aromatic N) is 1. The first kappa shape index (κ1) is 21.0. The molecule has 0 spiro atoms. The number of ether oxygens (including phenoxy) is 1. The van der Waals surface area contributed by atoms with Crippen LogP contribution in [0.25, 0.3) is 0 Å². The van der Waals surface area contributed by atoms with Crippen molar-refractivity contribution < 1.29 is 14.3 Å². The van der Waals surface area contributed by atoms with E-state index < -0.39 is 5.41 Å². The Labute approximate surface area is 150 Å². The van der Waals surface area contributed by atoms with E-state index in [0.29, 0.717) is 19.5 Å². The van der Waals surface area contributed by atoms with Gasteiger partial charge in [0.05, 0.1) is 7.11 Å². The molecule has 1 aromatic rings. The van der Waals surface area contributed by atoms with Crippen molar-refractivity contribution in [1.82, 2.24) is 15.5 Å². The number of rotatable bonds is 10. The lowest BCUT2D eigenvalue weighted by Crippen LogP contribution is -2.48. The number of nitrogens with one attached hydrogen (secondary N) is 2. The Morgan fingerprint density at radius 3 is 2.12 bits per heavy atom. The van der Waals surface area contributed by atoms with E-state index in [9.17, 15) is 9.59 Å². The molecule has 0 saturated heterocycles. The molecule has 2 N–H and O–H groups in total. The Kier molecular flexibility index (Phi) is 8.41. The van der Waals surface area contributed by atoms with Gasteiger partial charge in [0.25, 0.3) is 0 Å². The Morgan fingerprint density at radius 2 is 1.60 bits per heavy atom. The number of carbonyl (C=O) groups is 2. The van der Waals surface area contributed by atoms with Crippen molar-refractivity contribution in [3.05, 3.63) is 29.8 Å². The molecule has 6 nitrogen and oxygen atoms in total. The van der Waals surface area contributed by atoms with Gasteiger partial charge in [0.1, 0.15) is 11.2 Å². The molecule has 0 aliphatic heterocycles. The fraction of sp³-hybridized carbons (Fsp3) is 0.579. The lowest BCUT2D eigenvalue weighted by Gasteiger charge is -2.23. The van der Waals surface area contributed by atoms with Gasteiger partial charge in [-0.05, 0) is 65.0 Å². The smallest absolute Gasteiger partial charge is 0.235 e. The van der Waals surface area contributed by atoms with Gasteiger partial charge in [0.2, 0.25) is 11.8 Å². The highest BCUT2D eigenvalue weighted by Crippen LogP contribution is 2.16. The largest absolute Gasteiger partial charge is 0.497 e. The van der Waals surface area contributed by atoms with Crippen LogP contribution in [0.2, 0.25) is 0 Å². The molecule has 0 fully saturated rings. The maximum absolute atomic E-state index is 12.3. The van der Waals surface area contributed by atoms with Crippen molar-refractivity contribution in [3.8, 4) is 5.75 Å². The molecule has 25 heavy (non-hydrogen) atoms. The van der Waals surface area contributed by atoms with Crippen LogP contribution in [-0.4, -0.2) is 57.6 Å². The summed E-state index contributed by atoms with van der Waals surface area (Å²) < 4.78 is 5.12. The van der Waals surface area contributed by atoms with Crippen LogP contribution in [0.5, 0.6) is 5.75 Å². The molecule has 2 amide bonds. The minimum Gasteiger partial charge on any atom is -0.497 e. The van der Waals surface area contributed by atoms with E-state index in [4.69, 9.17) is 4.74 Å². The van der Waals surface area contributed by atoms with Crippen LogP contribution in [0.1, 0.15) is 25.8 Å². The van der Waals surface area contributed by atoms with E-state index >= 15 is 0 Å². The molecule has 0 aromatic heterocycles. The second-order valence-corrected chi connectivity index (χ2v) is 6.89. The van der Waals surface area contributed by atoms with E-state index in [-0.39, 0.29) is 11.8 Å². The number of carbonyl (C=O) groups excluding carboxylic acids is 2. The minimum atomic E-state index is -1.09. The van der Waals surface area contributed by atoms with Crippen LogP contribution in [0.4, 0.5) is 0 Å². The lowest BCUT2D eigenvalue weighted by atomic mass is 9.91. The zero-order chi connectivity index (χ0) is 18.9. The van der Waals surface area contributed by atoms with Gasteiger partial charge in [-0.1, -0.05) is 12.1 Å². The van der Waals surface area contributed by atoms with Crippen LogP contribution in [0, 0.1) is 5.41 Å². The van der Waals surface area contributed by atoms with Crippen molar-refractivity contribution >= 4 is 11.8 Å². The molecule has 1 rings (SSSR count). The molecule has 0 aliphatic carbocycles. The van der Waals surface area contributed by atoms with E-state index in [1.807, 2.05) is 38.4 Å². The summed E-state index contributed by atoms with van der Waals surface area (Å²) in [6.07, 6.45) is 1.56. The third kappa shape index (κ3) is 7.13. The van der Waals surface area contributed by atoms with E-state index in [1.54, 1.807) is 21.0 Å².